The van der Waals surface area contributed by atoms with E-state index in [1.165, 1.54) is 0 Å². The van der Waals surface area contributed by atoms with Gasteiger partial charge >= 0.3 is 5.97 Å². The molecule has 0 aromatic rings. The van der Waals surface area contributed by atoms with Gasteiger partial charge in [0, 0.05) is 13.2 Å². The van der Waals surface area contributed by atoms with Gasteiger partial charge in [0.1, 0.15) is 6.04 Å². The summed E-state index contributed by atoms with van der Waals surface area (Å²) in [5.41, 5.74) is 0. The number of carboxylic acids is 1. The van der Waals surface area contributed by atoms with E-state index in [1.54, 1.807) is 7.11 Å². The third kappa shape index (κ3) is 5.04. The summed E-state index contributed by atoms with van der Waals surface area (Å²) in [6.45, 7) is 4.11. The second-order valence-corrected chi connectivity index (χ2v) is 5.40. The Balaban J connectivity index is 2.38. The molecule has 0 amide bonds. The quantitative estimate of drug-likeness (QED) is 0.749. The minimum atomic E-state index is -0.729. The van der Waals surface area contributed by atoms with Crippen LogP contribution in [0.4, 0.5) is 0 Å². The third-order valence-electron chi connectivity index (χ3n) is 3.45. The molecular formula is C13H25NO3. The van der Waals surface area contributed by atoms with Gasteiger partial charge in [0.2, 0.25) is 0 Å². The molecule has 1 aliphatic carbocycles. The van der Waals surface area contributed by atoms with E-state index in [2.05, 4.69) is 19.2 Å². The predicted octanol–water partition coefficient (Wildman–Crippen LogP) is 2.03. The van der Waals surface area contributed by atoms with Crippen molar-refractivity contribution in [3.63, 3.8) is 0 Å². The zero-order chi connectivity index (χ0) is 12.8. The monoisotopic (exact) mass is 243 g/mol. The molecule has 17 heavy (non-hydrogen) atoms. The van der Waals surface area contributed by atoms with E-state index in [4.69, 9.17) is 9.84 Å². The standard InChI is InChI=1S/C13H25NO3/c1-9(2)8-12(13(15)16)14-10-4-6-11(17-3)7-5-10/h9-12,14H,4-8H2,1-3H3,(H,15,16). The fraction of sp³-hybridized carbons (Fsp3) is 0.923. The third-order valence-corrected chi connectivity index (χ3v) is 3.45. The first kappa shape index (κ1) is 14.5. The summed E-state index contributed by atoms with van der Waals surface area (Å²) in [5, 5.41) is 12.4. The maximum atomic E-state index is 11.1. The van der Waals surface area contributed by atoms with Crippen molar-refractivity contribution in [3.05, 3.63) is 0 Å². The minimum Gasteiger partial charge on any atom is -0.480 e. The number of nitrogens with one attached hydrogen (secondary N) is 1. The lowest BCUT2D eigenvalue weighted by atomic mass is 9.91. The molecule has 1 atom stereocenters. The SMILES string of the molecule is COC1CCC(NC(CC(C)C)C(=O)O)CC1. The van der Waals surface area contributed by atoms with Crippen LogP contribution in [0.5, 0.6) is 0 Å². The van der Waals surface area contributed by atoms with Crippen LogP contribution in [-0.2, 0) is 9.53 Å². The van der Waals surface area contributed by atoms with Crippen molar-refractivity contribution in [2.75, 3.05) is 7.11 Å². The molecule has 1 saturated carbocycles. The number of hydrogen-bond acceptors (Lipinski definition) is 3. The Morgan fingerprint density at radius 3 is 2.35 bits per heavy atom. The molecular weight excluding hydrogens is 218 g/mol. The molecule has 0 saturated heterocycles. The van der Waals surface area contributed by atoms with Crippen LogP contribution in [-0.4, -0.2) is 36.4 Å². The van der Waals surface area contributed by atoms with Crippen molar-refractivity contribution in [1.82, 2.24) is 5.32 Å². The summed E-state index contributed by atoms with van der Waals surface area (Å²) in [4.78, 5) is 11.1. The zero-order valence-corrected chi connectivity index (χ0v) is 11.1. The summed E-state index contributed by atoms with van der Waals surface area (Å²) < 4.78 is 5.31. The van der Waals surface area contributed by atoms with E-state index in [0.29, 0.717) is 24.5 Å². The van der Waals surface area contributed by atoms with Crippen molar-refractivity contribution >= 4 is 5.97 Å². The fourth-order valence-corrected chi connectivity index (χ4v) is 2.46. The summed E-state index contributed by atoms with van der Waals surface area (Å²) >= 11 is 0. The molecule has 1 unspecified atom stereocenters. The molecule has 2 N–H and O–H groups in total. The van der Waals surface area contributed by atoms with Gasteiger partial charge in [0.05, 0.1) is 6.10 Å². The number of methoxy groups -OCH3 is 1. The summed E-state index contributed by atoms with van der Waals surface area (Å²) in [6, 6.07) is -0.0691. The van der Waals surface area contributed by atoms with Crippen molar-refractivity contribution in [3.8, 4) is 0 Å². The van der Waals surface area contributed by atoms with Crippen molar-refractivity contribution in [2.24, 2.45) is 5.92 Å². The van der Waals surface area contributed by atoms with Crippen LogP contribution >= 0.6 is 0 Å². The Morgan fingerprint density at radius 1 is 1.35 bits per heavy atom. The second kappa shape index (κ2) is 6.97. The molecule has 0 radical (unpaired) electrons. The van der Waals surface area contributed by atoms with Crippen LogP contribution < -0.4 is 5.32 Å². The van der Waals surface area contributed by atoms with Gasteiger partial charge in [-0.25, -0.2) is 0 Å². The second-order valence-electron chi connectivity index (χ2n) is 5.40. The van der Waals surface area contributed by atoms with Crippen LogP contribution in [0.1, 0.15) is 46.0 Å². The molecule has 4 heteroatoms. The molecule has 0 bridgehead atoms. The molecule has 0 heterocycles. The number of ether oxygens (including phenoxy) is 1. The number of aliphatic carboxylic acids is 1. The topological polar surface area (TPSA) is 58.6 Å². The Bertz CT molecular complexity index is 235. The van der Waals surface area contributed by atoms with E-state index < -0.39 is 12.0 Å². The Morgan fingerprint density at radius 2 is 1.94 bits per heavy atom. The molecule has 4 nitrogen and oxygen atoms in total. The predicted molar refractivity (Wildman–Crippen MR) is 67.1 cm³/mol. The first-order chi connectivity index (χ1) is 8.02. The average molecular weight is 243 g/mol. The smallest absolute Gasteiger partial charge is 0.320 e. The van der Waals surface area contributed by atoms with E-state index in [1.807, 2.05) is 0 Å². The van der Waals surface area contributed by atoms with E-state index in [0.717, 1.165) is 25.7 Å². The summed E-state index contributed by atoms with van der Waals surface area (Å²) in [5.74, 6) is -0.327. The van der Waals surface area contributed by atoms with Gasteiger partial charge in [-0.1, -0.05) is 13.8 Å². The van der Waals surface area contributed by atoms with Gasteiger partial charge in [-0.2, -0.15) is 0 Å². The van der Waals surface area contributed by atoms with Gasteiger partial charge in [-0.15, -0.1) is 0 Å². The van der Waals surface area contributed by atoms with Crippen LogP contribution in [0.3, 0.4) is 0 Å². The number of carboxylic acid groups (broad SMARTS) is 1. The van der Waals surface area contributed by atoms with Crippen molar-refractivity contribution in [1.29, 1.82) is 0 Å². The summed E-state index contributed by atoms with van der Waals surface area (Å²) in [7, 11) is 1.75. The van der Waals surface area contributed by atoms with Crippen LogP contribution in [0.2, 0.25) is 0 Å². The lowest BCUT2D eigenvalue weighted by Gasteiger charge is -2.30. The highest BCUT2D eigenvalue weighted by atomic mass is 16.5. The number of carbonyl (C=O) groups is 1. The van der Waals surface area contributed by atoms with Crippen molar-refractivity contribution < 1.29 is 14.6 Å². The molecule has 0 aromatic heterocycles. The molecule has 0 aliphatic heterocycles. The summed E-state index contributed by atoms with van der Waals surface area (Å²) in [6.07, 6.45) is 5.14. The van der Waals surface area contributed by atoms with Crippen LogP contribution in [0.25, 0.3) is 0 Å². The molecule has 0 aromatic carbocycles. The zero-order valence-electron chi connectivity index (χ0n) is 11.1. The normalized spacial score (nSPS) is 27.1. The van der Waals surface area contributed by atoms with Gasteiger partial charge in [0.15, 0.2) is 0 Å². The Labute approximate surface area is 104 Å². The fourth-order valence-electron chi connectivity index (χ4n) is 2.46. The maximum Gasteiger partial charge on any atom is 0.320 e. The Kier molecular flexibility index (Phi) is 5.92. The first-order valence-electron chi connectivity index (χ1n) is 6.54. The van der Waals surface area contributed by atoms with Gasteiger partial charge in [-0.3, -0.25) is 4.79 Å². The van der Waals surface area contributed by atoms with Crippen LogP contribution in [0.15, 0.2) is 0 Å². The van der Waals surface area contributed by atoms with Crippen molar-refractivity contribution in [2.45, 2.75) is 64.1 Å². The lowest BCUT2D eigenvalue weighted by Crippen LogP contribution is -2.46. The highest BCUT2D eigenvalue weighted by molar-refractivity contribution is 5.73. The van der Waals surface area contributed by atoms with E-state index in [-0.39, 0.29) is 0 Å². The first-order valence-corrected chi connectivity index (χ1v) is 6.54. The molecule has 1 aliphatic rings. The van der Waals surface area contributed by atoms with Gasteiger partial charge in [0.25, 0.3) is 0 Å². The van der Waals surface area contributed by atoms with Crippen LogP contribution in [0, 0.1) is 5.92 Å². The molecule has 1 fully saturated rings. The largest absolute Gasteiger partial charge is 0.480 e. The molecule has 1 rings (SSSR count). The molecule has 100 valence electrons. The Hall–Kier alpha value is -0.610. The van der Waals surface area contributed by atoms with Gasteiger partial charge in [-0.05, 0) is 38.0 Å². The van der Waals surface area contributed by atoms with E-state index in [9.17, 15) is 4.79 Å². The highest BCUT2D eigenvalue weighted by Crippen LogP contribution is 2.21. The number of hydrogen-bond donors (Lipinski definition) is 2. The average Bonchev–Trinajstić information content (AvgIpc) is 2.28. The van der Waals surface area contributed by atoms with Gasteiger partial charge < -0.3 is 15.2 Å². The highest BCUT2D eigenvalue weighted by Gasteiger charge is 2.26. The lowest BCUT2D eigenvalue weighted by molar-refractivity contribution is -0.140. The van der Waals surface area contributed by atoms with E-state index >= 15 is 0 Å². The minimum absolute atomic E-state index is 0.334. The maximum absolute atomic E-state index is 11.1. The molecule has 0 spiro atoms. The number of rotatable bonds is 6.